The van der Waals surface area contributed by atoms with E-state index in [9.17, 15) is 9.59 Å². The van der Waals surface area contributed by atoms with Gasteiger partial charge in [0.25, 0.3) is 0 Å². The molecular formula is C21H22O3S. The number of ketones is 1. The molecule has 1 heterocycles. The third-order valence-electron chi connectivity index (χ3n) is 4.65. The van der Waals surface area contributed by atoms with Gasteiger partial charge in [-0.3, -0.25) is 9.59 Å². The molecule has 0 radical (unpaired) electrons. The molecular weight excluding hydrogens is 332 g/mol. The lowest BCUT2D eigenvalue weighted by Crippen LogP contribution is -2.33. The zero-order valence-electron chi connectivity index (χ0n) is 14.5. The predicted octanol–water partition coefficient (Wildman–Crippen LogP) is 4.63. The van der Waals surface area contributed by atoms with Crippen LogP contribution in [-0.4, -0.2) is 18.4 Å². The van der Waals surface area contributed by atoms with Gasteiger partial charge in [-0.25, -0.2) is 0 Å². The molecule has 0 saturated carbocycles. The standard InChI is InChI=1S/C21H22O3S/c1-3-14-7-9-15(10-8-14)16-12-17(19-6-5-11-25-19)20(18(22)13-16)21(23)24-4-2/h5-11,13,17,20H,3-4,12H2,1-2H3. The van der Waals surface area contributed by atoms with Gasteiger partial charge in [-0.1, -0.05) is 37.3 Å². The van der Waals surface area contributed by atoms with Crippen molar-refractivity contribution in [3.05, 3.63) is 63.9 Å². The van der Waals surface area contributed by atoms with Crippen LogP contribution in [0, 0.1) is 5.92 Å². The molecule has 0 spiro atoms. The van der Waals surface area contributed by atoms with E-state index >= 15 is 0 Å². The van der Waals surface area contributed by atoms with Gasteiger partial charge in [-0.15, -0.1) is 11.3 Å². The van der Waals surface area contributed by atoms with E-state index in [0.29, 0.717) is 6.42 Å². The fraction of sp³-hybridized carbons (Fsp3) is 0.333. The van der Waals surface area contributed by atoms with Crippen LogP contribution in [0.4, 0.5) is 0 Å². The second-order valence-corrected chi connectivity index (χ2v) is 7.16. The van der Waals surface area contributed by atoms with Crippen LogP contribution in [0.25, 0.3) is 5.57 Å². The lowest BCUT2D eigenvalue weighted by molar-refractivity contribution is -0.151. The van der Waals surface area contributed by atoms with Crippen molar-refractivity contribution < 1.29 is 14.3 Å². The maximum absolute atomic E-state index is 12.8. The molecule has 0 amide bonds. The lowest BCUT2D eigenvalue weighted by atomic mass is 9.76. The van der Waals surface area contributed by atoms with Crippen LogP contribution >= 0.6 is 11.3 Å². The molecule has 2 atom stereocenters. The molecule has 3 nitrogen and oxygen atoms in total. The molecule has 1 aromatic carbocycles. The fourth-order valence-corrected chi connectivity index (χ4v) is 4.17. The molecule has 3 rings (SSSR count). The summed E-state index contributed by atoms with van der Waals surface area (Å²) < 4.78 is 5.17. The highest BCUT2D eigenvalue weighted by molar-refractivity contribution is 7.10. The summed E-state index contributed by atoms with van der Waals surface area (Å²) in [6.07, 6.45) is 3.29. The summed E-state index contributed by atoms with van der Waals surface area (Å²) in [7, 11) is 0. The molecule has 2 aromatic rings. The Balaban J connectivity index is 1.96. The molecule has 1 aromatic heterocycles. The maximum Gasteiger partial charge on any atom is 0.317 e. The van der Waals surface area contributed by atoms with Crippen LogP contribution in [0.15, 0.2) is 47.9 Å². The normalized spacial score (nSPS) is 20.2. The quantitative estimate of drug-likeness (QED) is 0.581. The van der Waals surface area contributed by atoms with Crippen LogP contribution < -0.4 is 0 Å². The summed E-state index contributed by atoms with van der Waals surface area (Å²) in [4.78, 5) is 26.2. The van der Waals surface area contributed by atoms with E-state index < -0.39 is 11.9 Å². The summed E-state index contributed by atoms with van der Waals surface area (Å²) in [6, 6.07) is 12.3. The molecule has 130 valence electrons. The third kappa shape index (κ3) is 3.74. The topological polar surface area (TPSA) is 43.4 Å². The molecule has 0 N–H and O–H groups in total. The van der Waals surface area contributed by atoms with Gasteiger partial charge < -0.3 is 4.74 Å². The molecule has 0 saturated heterocycles. The number of carbonyl (C=O) groups excluding carboxylic acids is 2. The number of allylic oxidation sites excluding steroid dienone is 2. The molecule has 0 bridgehead atoms. The van der Waals surface area contributed by atoms with Crippen molar-refractivity contribution in [3.8, 4) is 0 Å². The molecule has 4 heteroatoms. The zero-order chi connectivity index (χ0) is 17.8. The minimum absolute atomic E-state index is 0.155. The number of aryl methyl sites for hydroxylation is 1. The number of thiophene rings is 1. The SMILES string of the molecule is CCOC(=O)C1C(=O)C=C(c2ccc(CC)cc2)CC1c1cccs1. The largest absolute Gasteiger partial charge is 0.465 e. The number of hydrogen-bond donors (Lipinski definition) is 0. The molecule has 1 aliphatic rings. The van der Waals surface area contributed by atoms with Gasteiger partial charge in [0, 0.05) is 10.8 Å². The first kappa shape index (κ1) is 17.6. The number of esters is 1. The van der Waals surface area contributed by atoms with Gasteiger partial charge in [-0.2, -0.15) is 0 Å². The molecule has 2 unspecified atom stereocenters. The number of carbonyl (C=O) groups is 2. The van der Waals surface area contributed by atoms with E-state index in [4.69, 9.17) is 4.74 Å². The van der Waals surface area contributed by atoms with Crippen molar-refractivity contribution in [2.24, 2.45) is 5.92 Å². The minimum Gasteiger partial charge on any atom is -0.465 e. The number of rotatable bonds is 5. The van der Waals surface area contributed by atoms with Gasteiger partial charge in [0.1, 0.15) is 5.92 Å². The van der Waals surface area contributed by atoms with Gasteiger partial charge in [0.2, 0.25) is 0 Å². The van der Waals surface area contributed by atoms with Gasteiger partial charge >= 0.3 is 5.97 Å². The van der Waals surface area contributed by atoms with Crippen LogP contribution in [-0.2, 0) is 20.7 Å². The molecule has 25 heavy (non-hydrogen) atoms. The first-order valence-corrected chi connectivity index (χ1v) is 9.55. The second-order valence-electron chi connectivity index (χ2n) is 6.18. The average molecular weight is 354 g/mol. The van der Waals surface area contributed by atoms with E-state index in [1.54, 1.807) is 24.3 Å². The highest BCUT2D eigenvalue weighted by Gasteiger charge is 2.40. The highest BCUT2D eigenvalue weighted by atomic mass is 32.1. The predicted molar refractivity (Wildman–Crippen MR) is 101 cm³/mol. The van der Waals surface area contributed by atoms with Crippen molar-refractivity contribution in [3.63, 3.8) is 0 Å². The van der Waals surface area contributed by atoms with Crippen LogP contribution in [0.1, 0.15) is 42.2 Å². The van der Waals surface area contributed by atoms with Crippen molar-refractivity contribution in [2.75, 3.05) is 6.61 Å². The number of hydrogen-bond acceptors (Lipinski definition) is 4. The van der Waals surface area contributed by atoms with E-state index in [1.807, 2.05) is 17.5 Å². The minimum atomic E-state index is -0.739. The van der Waals surface area contributed by atoms with Crippen molar-refractivity contribution in [1.29, 1.82) is 0 Å². The lowest BCUT2D eigenvalue weighted by Gasteiger charge is -2.28. The smallest absolute Gasteiger partial charge is 0.317 e. The molecule has 0 fully saturated rings. The number of benzene rings is 1. The summed E-state index contributed by atoms with van der Waals surface area (Å²) in [5.41, 5.74) is 3.31. The Morgan fingerprint density at radius 3 is 2.56 bits per heavy atom. The van der Waals surface area contributed by atoms with Crippen LogP contribution in [0.2, 0.25) is 0 Å². The van der Waals surface area contributed by atoms with Crippen molar-refractivity contribution in [2.45, 2.75) is 32.6 Å². The maximum atomic E-state index is 12.8. The summed E-state index contributed by atoms with van der Waals surface area (Å²) >= 11 is 1.59. The Morgan fingerprint density at radius 2 is 1.96 bits per heavy atom. The summed E-state index contributed by atoms with van der Waals surface area (Å²) in [5, 5.41) is 1.98. The molecule has 0 aliphatic heterocycles. The van der Waals surface area contributed by atoms with Gasteiger partial charge in [0.05, 0.1) is 6.61 Å². The number of ether oxygens (including phenoxy) is 1. The average Bonchev–Trinajstić information content (AvgIpc) is 3.16. The van der Waals surface area contributed by atoms with Crippen molar-refractivity contribution >= 4 is 28.7 Å². The summed E-state index contributed by atoms with van der Waals surface area (Å²) in [6.45, 7) is 4.17. The highest BCUT2D eigenvalue weighted by Crippen LogP contribution is 2.41. The Hall–Kier alpha value is -2.20. The Labute approximate surface area is 152 Å². The first-order chi connectivity index (χ1) is 12.1. The van der Waals surface area contributed by atoms with E-state index in [1.165, 1.54) is 5.56 Å². The Bertz CT molecular complexity index is 772. The van der Waals surface area contributed by atoms with E-state index in [2.05, 4.69) is 31.2 Å². The monoisotopic (exact) mass is 354 g/mol. The molecule has 1 aliphatic carbocycles. The van der Waals surface area contributed by atoms with Gasteiger partial charge in [-0.05, 0) is 54.0 Å². The first-order valence-electron chi connectivity index (χ1n) is 8.67. The van der Waals surface area contributed by atoms with E-state index in [-0.39, 0.29) is 18.3 Å². The van der Waals surface area contributed by atoms with Crippen LogP contribution in [0.5, 0.6) is 0 Å². The second kappa shape index (κ2) is 7.79. The van der Waals surface area contributed by atoms with E-state index in [0.717, 1.165) is 22.4 Å². The van der Waals surface area contributed by atoms with Crippen LogP contribution in [0.3, 0.4) is 0 Å². The Kier molecular flexibility index (Phi) is 5.49. The Morgan fingerprint density at radius 1 is 1.20 bits per heavy atom. The summed E-state index contributed by atoms with van der Waals surface area (Å²) in [5.74, 6) is -1.46. The van der Waals surface area contributed by atoms with Crippen molar-refractivity contribution in [1.82, 2.24) is 0 Å². The third-order valence-corrected chi connectivity index (χ3v) is 5.65. The zero-order valence-corrected chi connectivity index (χ0v) is 15.3. The van der Waals surface area contributed by atoms with Gasteiger partial charge in [0.15, 0.2) is 5.78 Å². The fourth-order valence-electron chi connectivity index (χ4n) is 3.31.